The number of alkyl halides is 2. The van der Waals surface area contributed by atoms with E-state index in [1.807, 2.05) is 4.57 Å². The van der Waals surface area contributed by atoms with Crippen LogP contribution in [0.15, 0.2) is 6.33 Å². The van der Waals surface area contributed by atoms with Crippen LogP contribution in [-0.2, 0) is 17.8 Å². The van der Waals surface area contributed by atoms with Gasteiger partial charge in [-0.05, 0) is 6.42 Å². The lowest BCUT2D eigenvalue weighted by atomic mass is 9.98. The van der Waals surface area contributed by atoms with Crippen molar-refractivity contribution >= 4 is 5.91 Å². The van der Waals surface area contributed by atoms with Crippen LogP contribution in [0.3, 0.4) is 0 Å². The third-order valence-electron chi connectivity index (χ3n) is 3.66. The number of amides is 1. The molecule has 0 aliphatic carbocycles. The van der Waals surface area contributed by atoms with Crippen molar-refractivity contribution in [1.29, 1.82) is 0 Å². The first-order chi connectivity index (χ1) is 8.55. The summed E-state index contributed by atoms with van der Waals surface area (Å²) in [6.45, 7) is 0.234. The molecular weight excluding hydrogens is 242 g/mol. The number of halogens is 2. The molecular formula is C11H14F2N4O. The smallest absolute Gasteiger partial charge is 0.267 e. The highest BCUT2D eigenvalue weighted by atomic mass is 19.3. The summed E-state index contributed by atoms with van der Waals surface area (Å²) >= 11 is 0. The van der Waals surface area contributed by atoms with Gasteiger partial charge in [-0.1, -0.05) is 0 Å². The van der Waals surface area contributed by atoms with Gasteiger partial charge in [-0.2, -0.15) is 0 Å². The van der Waals surface area contributed by atoms with Gasteiger partial charge in [0.2, 0.25) is 5.91 Å². The van der Waals surface area contributed by atoms with E-state index in [0.29, 0.717) is 19.4 Å². The van der Waals surface area contributed by atoms with Crippen molar-refractivity contribution in [1.82, 2.24) is 19.7 Å². The van der Waals surface area contributed by atoms with Crippen LogP contribution in [0.4, 0.5) is 8.78 Å². The lowest BCUT2D eigenvalue weighted by Crippen LogP contribution is -2.39. The van der Waals surface area contributed by atoms with Crippen LogP contribution in [0.25, 0.3) is 0 Å². The molecule has 18 heavy (non-hydrogen) atoms. The van der Waals surface area contributed by atoms with Crippen molar-refractivity contribution in [3.8, 4) is 0 Å². The SMILES string of the molecule is O=C([C@H]1CCc2nncn2C1)N1CCC(F)(F)C1. The summed E-state index contributed by atoms with van der Waals surface area (Å²) in [5.41, 5.74) is 0. The Morgan fingerprint density at radius 3 is 3.06 bits per heavy atom. The number of rotatable bonds is 1. The molecule has 1 fully saturated rings. The second-order valence-corrected chi connectivity index (χ2v) is 5.00. The van der Waals surface area contributed by atoms with Crippen LogP contribution in [0, 0.1) is 5.92 Å². The zero-order chi connectivity index (χ0) is 12.8. The molecule has 0 N–H and O–H groups in total. The highest BCUT2D eigenvalue weighted by Crippen LogP contribution is 2.29. The Morgan fingerprint density at radius 2 is 2.33 bits per heavy atom. The number of carbonyl (C=O) groups excluding carboxylic acids is 1. The van der Waals surface area contributed by atoms with Crippen LogP contribution in [0.1, 0.15) is 18.7 Å². The van der Waals surface area contributed by atoms with Gasteiger partial charge in [0.25, 0.3) is 5.92 Å². The summed E-state index contributed by atoms with van der Waals surface area (Å²) in [5.74, 6) is -2.23. The molecule has 0 unspecified atom stereocenters. The Kier molecular flexibility index (Phi) is 2.57. The fourth-order valence-electron chi connectivity index (χ4n) is 2.64. The third-order valence-corrected chi connectivity index (χ3v) is 3.66. The molecule has 0 radical (unpaired) electrons. The maximum absolute atomic E-state index is 13.1. The maximum Gasteiger partial charge on any atom is 0.267 e. The first-order valence-electron chi connectivity index (χ1n) is 6.08. The minimum absolute atomic E-state index is 0.161. The predicted molar refractivity (Wildman–Crippen MR) is 58.0 cm³/mol. The first-order valence-corrected chi connectivity index (χ1v) is 6.08. The van der Waals surface area contributed by atoms with Gasteiger partial charge in [-0.25, -0.2) is 8.78 Å². The molecule has 0 aromatic carbocycles. The van der Waals surface area contributed by atoms with E-state index in [1.54, 1.807) is 6.33 Å². The molecule has 2 aliphatic rings. The Morgan fingerprint density at radius 1 is 1.50 bits per heavy atom. The lowest BCUT2D eigenvalue weighted by Gasteiger charge is -2.26. The van der Waals surface area contributed by atoms with Crippen molar-refractivity contribution in [3.05, 3.63) is 12.2 Å². The van der Waals surface area contributed by atoms with Crippen molar-refractivity contribution in [2.75, 3.05) is 13.1 Å². The van der Waals surface area contributed by atoms with Crippen LogP contribution >= 0.6 is 0 Å². The molecule has 0 spiro atoms. The van der Waals surface area contributed by atoms with Crippen molar-refractivity contribution < 1.29 is 13.6 Å². The Hall–Kier alpha value is -1.53. The number of aryl methyl sites for hydroxylation is 1. The van der Waals surface area contributed by atoms with Gasteiger partial charge in [-0.3, -0.25) is 4.79 Å². The minimum atomic E-state index is -2.72. The third kappa shape index (κ3) is 1.97. The van der Waals surface area contributed by atoms with Crippen LogP contribution in [-0.4, -0.2) is 44.6 Å². The average molecular weight is 256 g/mol. The van der Waals surface area contributed by atoms with Gasteiger partial charge >= 0.3 is 0 Å². The lowest BCUT2D eigenvalue weighted by molar-refractivity contribution is -0.137. The van der Waals surface area contributed by atoms with E-state index in [2.05, 4.69) is 10.2 Å². The standard InChI is InChI=1S/C11H14F2N4O/c12-11(13)3-4-16(6-11)10(18)8-1-2-9-15-14-7-17(9)5-8/h7-8H,1-6H2/t8-/m0/s1. The fraction of sp³-hybridized carbons (Fsp3) is 0.727. The maximum atomic E-state index is 13.1. The summed E-state index contributed by atoms with van der Waals surface area (Å²) in [5, 5.41) is 7.73. The largest absolute Gasteiger partial charge is 0.336 e. The number of hydrogen-bond donors (Lipinski definition) is 0. The van der Waals surface area contributed by atoms with Gasteiger partial charge in [0.05, 0.1) is 12.5 Å². The van der Waals surface area contributed by atoms with Crippen LogP contribution in [0.2, 0.25) is 0 Å². The van der Waals surface area contributed by atoms with Crippen molar-refractivity contribution in [2.24, 2.45) is 5.92 Å². The Bertz CT molecular complexity index is 473. The number of carbonyl (C=O) groups is 1. The topological polar surface area (TPSA) is 51.0 Å². The molecule has 7 heteroatoms. The van der Waals surface area contributed by atoms with E-state index in [0.717, 1.165) is 5.82 Å². The minimum Gasteiger partial charge on any atom is -0.336 e. The number of hydrogen-bond acceptors (Lipinski definition) is 3. The second kappa shape index (κ2) is 4.00. The first kappa shape index (κ1) is 11.6. The molecule has 1 amide bonds. The van der Waals surface area contributed by atoms with Gasteiger partial charge in [0, 0.05) is 25.9 Å². The van der Waals surface area contributed by atoms with E-state index < -0.39 is 12.5 Å². The summed E-state index contributed by atoms with van der Waals surface area (Å²) < 4.78 is 28.0. The van der Waals surface area contributed by atoms with E-state index >= 15 is 0 Å². The van der Waals surface area contributed by atoms with E-state index in [9.17, 15) is 13.6 Å². The zero-order valence-corrected chi connectivity index (χ0v) is 9.85. The van der Waals surface area contributed by atoms with Crippen molar-refractivity contribution in [2.45, 2.75) is 31.7 Å². The molecule has 1 atom stereocenters. The molecule has 2 aliphatic heterocycles. The number of nitrogens with zero attached hydrogens (tertiary/aromatic N) is 4. The highest BCUT2D eigenvalue weighted by molar-refractivity contribution is 5.79. The summed E-state index contributed by atoms with van der Waals surface area (Å²) in [4.78, 5) is 13.4. The predicted octanol–water partition coefficient (Wildman–Crippen LogP) is 0.708. The normalized spacial score (nSPS) is 26.1. The summed E-state index contributed by atoms with van der Waals surface area (Å²) in [7, 11) is 0. The van der Waals surface area contributed by atoms with Crippen LogP contribution in [0.5, 0.6) is 0 Å². The molecule has 5 nitrogen and oxygen atoms in total. The van der Waals surface area contributed by atoms with E-state index in [4.69, 9.17) is 0 Å². The molecule has 3 heterocycles. The van der Waals surface area contributed by atoms with Crippen molar-refractivity contribution in [3.63, 3.8) is 0 Å². The zero-order valence-electron chi connectivity index (χ0n) is 9.85. The number of fused-ring (bicyclic) bond motifs is 1. The van der Waals surface area contributed by atoms with Gasteiger partial charge in [-0.15, -0.1) is 10.2 Å². The molecule has 1 saturated heterocycles. The molecule has 1 aromatic rings. The Balaban J connectivity index is 1.68. The van der Waals surface area contributed by atoms with Gasteiger partial charge < -0.3 is 9.47 Å². The molecule has 3 rings (SSSR count). The van der Waals surface area contributed by atoms with Gasteiger partial charge in [0.15, 0.2) is 0 Å². The fourth-order valence-corrected chi connectivity index (χ4v) is 2.64. The summed E-state index contributed by atoms with van der Waals surface area (Å²) in [6.07, 6.45) is 2.72. The quantitative estimate of drug-likeness (QED) is 0.743. The number of likely N-dealkylation sites (tertiary alicyclic amines) is 1. The Labute approximate surface area is 103 Å². The monoisotopic (exact) mass is 256 g/mol. The summed E-state index contributed by atoms with van der Waals surface area (Å²) in [6, 6.07) is 0. The molecule has 98 valence electrons. The number of aromatic nitrogens is 3. The molecule has 1 aromatic heterocycles. The second-order valence-electron chi connectivity index (χ2n) is 5.00. The molecule has 0 saturated carbocycles. The van der Waals surface area contributed by atoms with E-state index in [1.165, 1.54) is 4.90 Å². The van der Waals surface area contributed by atoms with E-state index in [-0.39, 0.29) is 24.8 Å². The average Bonchev–Trinajstić information content (AvgIpc) is 2.93. The highest BCUT2D eigenvalue weighted by Gasteiger charge is 2.42. The molecule has 0 bridgehead atoms. The van der Waals surface area contributed by atoms with Gasteiger partial charge in [0.1, 0.15) is 12.2 Å². The van der Waals surface area contributed by atoms with Crippen LogP contribution < -0.4 is 0 Å².